The monoisotopic (exact) mass is 195 g/mol. The second-order valence-corrected chi connectivity index (χ2v) is 3.32. The summed E-state index contributed by atoms with van der Waals surface area (Å²) in [5, 5.41) is 2.80. The van der Waals surface area contributed by atoms with E-state index in [1.54, 1.807) is 12.1 Å². The smallest absolute Gasteiger partial charge is 0.251 e. The molecule has 0 saturated heterocycles. The highest BCUT2D eigenvalue weighted by Gasteiger charge is 2.02. The molecule has 0 radical (unpaired) electrons. The van der Waals surface area contributed by atoms with E-state index < -0.39 is 0 Å². The van der Waals surface area contributed by atoms with Crippen molar-refractivity contribution in [3.05, 3.63) is 29.8 Å². The summed E-state index contributed by atoms with van der Waals surface area (Å²) in [5.74, 6) is -0.0183. The third-order valence-corrected chi connectivity index (χ3v) is 1.96. The second kappa shape index (κ2) is 4.92. The number of hydrogen-bond acceptors (Lipinski definition) is 2. The van der Waals surface area contributed by atoms with Crippen LogP contribution in [0.3, 0.4) is 0 Å². The van der Waals surface area contributed by atoms with Gasteiger partial charge in [0.05, 0.1) is 0 Å². The summed E-state index contributed by atoms with van der Waals surface area (Å²) in [4.78, 5) is 12.2. The molecule has 0 spiro atoms. The van der Waals surface area contributed by atoms with Crippen molar-refractivity contribution in [1.82, 2.24) is 5.32 Å². The number of carbonyl (C=O) groups is 1. The third-order valence-electron chi connectivity index (χ3n) is 1.67. The maximum absolute atomic E-state index is 11.4. The Labute approximate surface area is 83.8 Å². The summed E-state index contributed by atoms with van der Waals surface area (Å²) in [5.41, 5.74) is 0.686. The molecule has 2 nitrogen and oxygen atoms in total. The molecule has 0 fully saturated rings. The molecule has 0 aliphatic carbocycles. The maximum atomic E-state index is 11.4. The lowest BCUT2D eigenvalue weighted by Crippen LogP contribution is -2.23. The van der Waals surface area contributed by atoms with Gasteiger partial charge in [-0.1, -0.05) is 6.92 Å². The Morgan fingerprint density at radius 3 is 2.54 bits per heavy atom. The van der Waals surface area contributed by atoms with Gasteiger partial charge in [0.25, 0.3) is 5.91 Å². The fourth-order valence-electron chi connectivity index (χ4n) is 0.953. The summed E-state index contributed by atoms with van der Waals surface area (Å²) in [6.45, 7) is 2.75. The number of benzene rings is 1. The van der Waals surface area contributed by atoms with Gasteiger partial charge in [0.15, 0.2) is 0 Å². The van der Waals surface area contributed by atoms with Crippen LogP contribution in [0.25, 0.3) is 0 Å². The van der Waals surface area contributed by atoms with Gasteiger partial charge in [0.1, 0.15) is 0 Å². The van der Waals surface area contributed by atoms with E-state index >= 15 is 0 Å². The highest BCUT2D eigenvalue weighted by molar-refractivity contribution is 7.80. The van der Waals surface area contributed by atoms with Crippen LogP contribution in [0.4, 0.5) is 0 Å². The number of amides is 1. The number of carbonyl (C=O) groups excluding carboxylic acids is 1. The van der Waals surface area contributed by atoms with Gasteiger partial charge in [-0.25, -0.2) is 0 Å². The minimum atomic E-state index is -0.0183. The van der Waals surface area contributed by atoms with E-state index in [9.17, 15) is 4.79 Å². The number of rotatable bonds is 3. The highest BCUT2D eigenvalue weighted by Crippen LogP contribution is 2.07. The average molecular weight is 195 g/mol. The van der Waals surface area contributed by atoms with Crippen LogP contribution in [0.1, 0.15) is 23.7 Å². The summed E-state index contributed by atoms with van der Waals surface area (Å²) in [7, 11) is 0. The number of thiol groups is 1. The van der Waals surface area contributed by atoms with Crippen molar-refractivity contribution < 1.29 is 4.79 Å². The van der Waals surface area contributed by atoms with Gasteiger partial charge in [-0.3, -0.25) is 4.79 Å². The van der Waals surface area contributed by atoms with Crippen molar-refractivity contribution in [3.63, 3.8) is 0 Å². The van der Waals surface area contributed by atoms with Crippen molar-refractivity contribution >= 4 is 18.5 Å². The predicted molar refractivity (Wildman–Crippen MR) is 56.3 cm³/mol. The van der Waals surface area contributed by atoms with Gasteiger partial charge < -0.3 is 5.32 Å². The molecule has 1 aromatic carbocycles. The van der Waals surface area contributed by atoms with Crippen LogP contribution >= 0.6 is 12.6 Å². The minimum absolute atomic E-state index is 0.0183. The molecule has 0 saturated carbocycles. The fraction of sp³-hybridized carbons (Fsp3) is 0.300. The minimum Gasteiger partial charge on any atom is -0.352 e. The quantitative estimate of drug-likeness (QED) is 0.711. The molecule has 0 unspecified atom stereocenters. The summed E-state index contributed by atoms with van der Waals surface area (Å²) in [6.07, 6.45) is 0.955. The summed E-state index contributed by atoms with van der Waals surface area (Å²) >= 11 is 4.14. The van der Waals surface area contributed by atoms with Crippen LogP contribution in [-0.2, 0) is 0 Å². The van der Waals surface area contributed by atoms with Crippen molar-refractivity contribution in [1.29, 1.82) is 0 Å². The Bertz CT molecular complexity index is 281. The van der Waals surface area contributed by atoms with Crippen LogP contribution in [0.2, 0.25) is 0 Å². The molecule has 0 aliphatic rings. The second-order valence-electron chi connectivity index (χ2n) is 2.80. The average Bonchev–Trinajstić information content (AvgIpc) is 2.15. The van der Waals surface area contributed by atoms with Crippen molar-refractivity contribution in [2.24, 2.45) is 0 Å². The Morgan fingerprint density at radius 1 is 1.38 bits per heavy atom. The molecule has 0 aliphatic heterocycles. The molecule has 70 valence electrons. The van der Waals surface area contributed by atoms with E-state index in [1.807, 2.05) is 19.1 Å². The SMILES string of the molecule is CCCNC(=O)c1ccc(S)cc1. The van der Waals surface area contributed by atoms with Gasteiger partial charge in [-0.15, -0.1) is 12.6 Å². The van der Waals surface area contributed by atoms with Crippen LogP contribution in [0, 0.1) is 0 Å². The van der Waals surface area contributed by atoms with Crippen LogP contribution in [0.5, 0.6) is 0 Å². The third kappa shape index (κ3) is 3.11. The molecule has 1 N–H and O–H groups in total. The van der Waals surface area contributed by atoms with Gasteiger partial charge in [0.2, 0.25) is 0 Å². The molecular formula is C10H13NOS. The molecule has 0 aromatic heterocycles. The lowest BCUT2D eigenvalue weighted by atomic mass is 10.2. The lowest BCUT2D eigenvalue weighted by Gasteiger charge is -2.02. The molecule has 1 amide bonds. The van der Waals surface area contributed by atoms with Crippen LogP contribution in [0.15, 0.2) is 29.2 Å². The van der Waals surface area contributed by atoms with Crippen LogP contribution in [-0.4, -0.2) is 12.5 Å². The molecular weight excluding hydrogens is 182 g/mol. The number of nitrogens with one attached hydrogen (secondary N) is 1. The molecule has 0 bridgehead atoms. The Hall–Kier alpha value is -0.960. The molecule has 0 atom stereocenters. The van der Waals surface area contributed by atoms with E-state index in [1.165, 1.54) is 0 Å². The Kier molecular flexibility index (Phi) is 3.83. The standard InChI is InChI=1S/C10H13NOS/c1-2-7-11-10(12)8-3-5-9(13)6-4-8/h3-6,13H,2,7H2,1H3,(H,11,12). The maximum Gasteiger partial charge on any atom is 0.251 e. The zero-order valence-electron chi connectivity index (χ0n) is 7.58. The summed E-state index contributed by atoms with van der Waals surface area (Å²) in [6, 6.07) is 7.16. The molecule has 1 rings (SSSR count). The molecule has 3 heteroatoms. The van der Waals surface area contributed by atoms with E-state index in [2.05, 4.69) is 17.9 Å². The van der Waals surface area contributed by atoms with Gasteiger partial charge in [0, 0.05) is 17.0 Å². The highest BCUT2D eigenvalue weighted by atomic mass is 32.1. The topological polar surface area (TPSA) is 29.1 Å². The Balaban J connectivity index is 2.61. The van der Waals surface area contributed by atoms with Crippen molar-refractivity contribution in [2.45, 2.75) is 18.2 Å². The first kappa shape index (κ1) is 10.1. The van der Waals surface area contributed by atoms with Crippen molar-refractivity contribution in [2.75, 3.05) is 6.54 Å². The predicted octanol–water partition coefficient (Wildman–Crippen LogP) is 2.12. The number of hydrogen-bond donors (Lipinski definition) is 2. The Morgan fingerprint density at radius 2 is 2.00 bits per heavy atom. The first-order chi connectivity index (χ1) is 6.24. The first-order valence-corrected chi connectivity index (χ1v) is 4.76. The molecule has 13 heavy (non-hydrogen) atoms. The van der Waals surface area contributed by atoms with Gasteiger partial charge in [-0.2, -0.15) is 0 Å². The van der Waals surface area contributed by atoms with E-state index in [-0.39, 0.29) is 5.91 Å². The van der Waals surface area contributed by atoms with Gasteiger partial charge in [-0.05, 0) is 30.7 Å². The zero-order valence-corrected chi connectivity index (χ0v) is 8.47. The molecule has 0 heterocycles. The van der Waals surface area contributed by atoms with Gasteiger partial charge >= 0.3 is 0 Å². The van der Waals surface area contributed by atoms with Crippen molar-refractivity contribution in [3.8, 4) is 0 Å². The lowest BCUT2D eigenvalue weighted by molar-refractivity contribution is 0.0953. The van der Waals surface area contributed by atoms with E-state index in [4.69, 9.17) is 0 Å². The van der Waals surface area contributed by atoms with Crippen LogP contribution < -0.4 is 5.32 Å². The largest absolute Gasteiger partial charge is 0.352 e. The fourth-order valence-corrected chi connectivity index (χ4v) is 1.10. The normalized spacial score (nSPS) is 9.69. The van der Waals surface area contributed by atoms with E-state index in [0.29, 0.717) is 5.56 Å². The first-order valence-electron chi connectivity index (χ1n) is 4.31. The van der Waals surface area contributed by atoms with E-state index in [0.717, 1.165) is 17.9 Å². The summed E-state index contributed by atoms with van der Waals surface area (Å²) < 4.78 is 0. The molecule has 1 aromatic rings. The zero-order chi connectivity index (χ0) is 9.68.